The molecule has 0 radical (unpaired) electrons. The van der Waals surface area contributed by atoms with Crippen molar-refractivity contribution in [2.24, 2.45) is 5.92 Å². The van der Waals surface area contributed by atoms with Crippen molar-refractivity contribution in [1.82, 2.24) is 24.5 Å². The molecule has 11 heteroatoms. The van der Waals surface area contributed by atoms with Crippen LogP contribution in [0.25, 0.3) is 16.8 Å². The van der Waals surface area contributed by atoms with E-state index in [0.29, 0.717) is 45.3 Å². The van der Waals surface area contributed by atoms with Crippen LogP contribution in [0, 0.1) is 5.92 Å². The molecule has 0 bridgehead atoms. The Morgan fingerprint density at radius 2 is 2.03 bits per heavy atom. The summed E-state index contributed by atoms with van der Waals surface area (Å²) in [4.78, 5) is 25.8. The average molecular weight is 466 g/mol. The average Bonchev–Trinajstić information content (AvgIpc) is 3.61. The van der Waals surface area contributed by atoms with E-state index in [4.69, 9.17) is 23.9 Å². The van der Waals surface area contributed by atoms with Gasteiger partial charge in [-0.2, -0.15) is 5.10 Å². The summed E-state index contributed by atoms with van der Waals surface area (Å²) >= 11 is 0. The van der Waals surface area contributed by atoms with Gasteiger partial charge in [0.2, 0.25) is 5.88 Å². The fourth-order valence-corrected chi connectivity index (χ4v) is 4.85. The minimum absolute atomic E-state index is 0.143. The van der Waals surface area contributed by atoms with E-state index in [0.717, 1.165) is 29.0 Å². The van der Waals surface area contributed by atoms with Crippen molar-refractivity contribution < 1.29 is 23.7 Å². The van der Waals surface area contributed by atoms with E-state index in [1.165, 1.54) is 0 Å². The monoisotopic (exact) mass is 466 g/mol. The van der Waals surface area contributed by atoms with Crippen molar-refractivity contribution in [3.63, 3.8) is 0 Å². The van der Waals surface area contributed by atoms with Gasteiger partial charge >= 0.3 is 6.09 Å². The third-order valence-electron chi connectivity index (χ3n) is 6.71. The molecule has 6 rings (SSSR count). The minimum Gasteiger partial charge on any atom is -0.481 e. The number of amides is 1. The minimum atomic E-state index is -0.286. The van der Waals surface area contributed by atoms with E-state index in [1.807, 2.05) is 24.4 Å². The largest absolute Gasteiger partial charge is 0.481 e. The second-order valence-corrected chi connectivity index (χ2v) is 8.59. The predicted molar refractivity (Wildman–Crippen MR) is 121 cm³/mol. The fraction of sp³-hybridized carbons (Fsp3) is 0.478. The van der Waals surface area contributed by atoms with E-state index in [2.05, 4.69) is 15.0 Å². The van der Waals surface area contributed by atoms with E-state index >= 15 is 0 Å². The Morgan fingerprint density at radius 1 is 1.15 bits per heavy atom. The molecule has 0 aromatic carbocycles. The summed E-state index contributed by atoms with van der Waals surface area (Å²) in [6, 6.07) is 5.74. The standard InChI is InChI=1S/C23H26N6O5/c1-31-21-15(3-2-6-24-21)17-13-25-29-7-4-19(26-20(17)29)27-8-10-28(11-9-27)23(30)34-18-14-33-22-16(18)5-12-32-22/h2-4,6-7,13,16,18,22H,5,8-12,14H2,1H3/t16-,18-,22+/m0/s1. The molecule has 0 unspecified atom stereocenters. The number of rotatable bonds is 4. The van der Waals surface area contributed by atoms with E-state index in [9.17, 15) is 4.79 Å². The fourth-order valence-electron chi connectivity index (χ4n) is 4.85. The van der Waals surface area contributed by atoms with Crippen molar-refractivity contribution in [2.45, 2.75) is 18.8 Å². The van der Waals surface area contributed by atoms with Gasteiger partial charge in [-0.15, -0.1) is 0 Å². The number of methoxy groups -OCH3 is 1. The molecule has 6 heterocycles. The molecule has 3 aromatic heterocycles. The summed E-state index contributed by atoms with van der Waals surface area (Å²) < 4.78 is 24.0. The van der Waals surface area contributed by atoms with Crippen LogP contribution in [-0.2, 0) is 14.2 Å². The van der Waals surface area contributed by atoms with Crippen molar-refractivity contribution >= 4 is 17.6 Å². The van der Waals surface area contributed by atoms with Crippen molar-refractivity contribution in [3.8, 4) is 17.0 Å². The zero-order chi connectivity index (χ0) is 23.1. The summed E-state index contributed by atoms with van der Waals surface area (Å²) in [5.74, 6) is 1.50. The number of piperazine rings is 1. The Balaban J connectivity index is 1.14. The first-order valence-electron chi connectivity index (χ1n) is 11.5. The van der Waals surface area contributed by atoms with Crippen LogP contribution in [0.5, 0.6) is 5.88 Å². The number of nitrogens with zero attached hydrogens (tertiary/aromatic N) is 6. The second-order valence-electron chi connectivity index (χ2n) is 8.59. The molecule has 1 amide bonds. The number of aromatic nitrogens is 4. The second kappa shape index (κ2) is 8.73. The van der Waals surface area contributed by atoms with Crippen LogP contribution in [-0.4, -0.2) is 89.5 Å². The van der Waals surface area contributed by atoms with Gasteiger partial charge in [-0.05, 0) is 24.6 Å². The summed E-state index contributed by atoms with van der Waals surface area (Å²) in [6.45, 7) is 3.51. The number of carbonyl (C=O) groups is 1. The van der Waals surface area contributed by atoms with E-state index < -0.39 is 0 Å². The maximum absolute atomic E-state index is 12.7. The zero-order valence-electron chi connectivity index (χ0n) is 18.9. The summed E-state index contributed by atoms with van der Waals surface area (Å²) in [6.07, 6.45) is 5.48. The quantitative estimate of drug-likeness (QED) is 0.569. The van der Waals surface area contributed by atoms with E-state index in [-0.39, 0.29) is 24.4 Å². The van der Waals surface area contributed by atoms with Crippen LogP contribution in [0.1, 0.15) is 6.42 Å². The molecule has 178 valence electrons. The lowest BCUT2D eigenvalue weighted by molar-refractivity contribution is -0.0907. The number of ether oxygens (including phenoxy) is 4. The molecule has 0 N–H and O–H groups in total. The molecule has 3 fully saturated rings. The summed E-state index contributed by atoms with van der Waals surface area (Å²) in [5.41, 5.74) is 2.41. The molecule has 0 saturated carbocycles. The van der Waals surface area contributed by atoms with Crippen molar-refractivity contribution in [1.29, 1.82) is 0 Å². The lowest BCUT2D eigenvalue weighted by atomic mass is 10.0. The van der Waals surface area contributed by atoms with Gasteiger partial charge in [0.05, 0.1) is 38.0 Å². The summed E-state index contributed by atoms with van der Waals surface area (Å²) in [7, 11) is 1.60. The van der Waals surface area contributed by atoms with E-state index in [1.54, 1.807) is 28.9 Å². The smallest absolute Gasteiger partial charge is 0.410 e. The van der Waals surface area contributed by atoms with Crippen LogP contribution in [0.15, 0.2) is 36.8 Å². The molecule has 3 atom stereocenters. The Labute approximate surface area is 196 Å². The topological polar surface area (TPSA) is 104 Å². The normalized spacial score (nSPS) is 24.4. The zero-order valence-corrected chi connectivity index (χ0v) is 18.9. The Kier molecular flexibility index (Phi) is 5.42. The molecule has 0 spiro atoms. The number of hydrogen-bond acceptors (Lipinski definition) is 9. The molecule has 0 aliphatic carbocycles. The number of hydrogen-bond donors (Lipinski definition) is 0. The number of fused-ring (bicyclic) bond motifs is 2. The molecule has 11 nitrogen and oxygen atoms in total. The first-order valence-corrected chi connectivity index (χ1v) is 11.5. The number of anilines is 1. The van der Waals surface area contributed by atoms with Gasteiger partial charge < -0.3 is 28.7 Å². The Hall–Kier alpha value is -3.44. The highest BCUT2D eigenvalue weighted by Crippen LogP contribution is 2.34. The first kappa shape index (κ1) is 21.1. The van der Waals surface area contributed by atoms with Gasteiger partial charge in [0.25, 0.3) is 0 Å². The predicted octanol–water partition coefficient (Wildman–Crippen LogP) is 1.82. The van der Waals surface area contributed by atoms with Crippen LogP contribution < -0.4 is 9.64 Å². The number of carbonyl (C=O) groups excluding carboxylic acids is 1. The van der Waals surface area contributed by atoms with Gasteiger partial charge in [-0.3, -0.25) is 0 Å². The molecular formula is C23H26N6O5. The third-order valence-corrected chi connectivity index (χ3v) is 6.71. The van der Waals surface area contributed by atoms with Crippen LogP contribution in [0.2, 0.25) is 0 Å². The van der Waals surface area contributed by atoms with Crippen molar-refractivity contribution in [3.05, 3.63) is 36.8 Å². The molecule has 34 heavy (non-hydrogen) atoms. The van der Waals surface area contributed by atoms with Crippen molar-refractivity contribution in [2.75, 3.05) is 51.4 Å². The third kappa shape index (κ3) is 3.70. The highest BCUT2D eigenvalue weighted by atomic mass is 16.7. The Bertz CT molecular complexity index is 1190. The van der Waals surface area contributed by atoms with Crippen LogP contribution >= 0.6 is 0 Å². The summed E-state index contributed by atoms with van der Waals surface area (Å²) in [5, 5.41) is 4.43. The van der Waals surface area contributed by atoms with Gasteiger partial charge in [0, 0.05) is 44.1 Å². The van der Waals surface area contributed by atoms with Gasteiger partial charge in [-0.1, -0.05) is 0 Å². The van der Waals surface area contributed by atoms with Gasteiger partial charge in [0.1, 0.15) is 11.9 Å². The molecule has 3 aliphatic heterocycles. The number of pyridine rings is 1. The highest BCUT2D eigenvalue weighted by Gasteiger charge is 2.44. The van der Waals surface area contributed by atoms with Gasteiger partial charge in [-0.25, -0.2) is 19.3 Å². The van der Waals surface area contributed by atoms with Crippen LogP contribution in [0.3, 0.4) is 0 Å². The first-order chi connectivity index (χ1) is 16.7. The maximum Gasteiger partial charge on any atom is 0.410 e. The Morgan fingerprint density at radius 3 is 2.88 bits per heavy atom. The SMILES string of the molecule is COc1ncccc1-c1cnn2ccc(N3CCN(C(=O)O[C@H]4CO[C@H]5OCC[C@H]54)CC3)nc12. The lowest BCUT2D eigenvalue weighted by Crippen LogP contribution is -2.50. The van der Waals surface area contributed by atoms with Crippen LogP contribution in [0.4, 0.5) is 10.6 Å². The lowest BCUT2D eigenvalue weighted by Gasteiger charge is -2.35. The molecule has 3 saturated heterocycles. The molecule has 3 aromatic rings. The maximum atomic E-state index is 12.7. The molecular weight excluding hydrogens is 440 g/mol. The van der Waals surface area contributed by atoms with Gasteiger partial charge in [0.15, 0.2) is 11.9 Å². The highest BCUT2D eigenvalue weighted by molar-refractivity contribution is 5.80. The molecule has 3 aliphatic rings.